The Morgan fingerprint density at radius 2 is 1.80 bits per heavy atom. The molecule has 2 heterocycles. The molecule has 4 rings (SSSR count). The number of nitrogens with one attached hydrogen (secondary N) is 1. The number of aliphatic imine (C=N–C) groups is 1. The fourth-order valence-corrected chi connectivity index (χ4v) is 3.48. The smallest absolute Gasteiger partial charge is 0.259 e. The maximum absolute atomic E-state index is 13.3. The number of rotatable bonds is 3. The monoisotopic (exact) mass is 401 g/mol. The zero-order chi connectivity index (χ0) is 21.5. The molecule has 8 nitrogen and oxygen atoms in total. The number of aromatic nitrogens is 5. The standard InChI is InChI=1S/C22H22N6O2/c1-22(2,3)14-10-6-7-11-15(14)23-18(20-24-26-27-25-20)17-19(29)13-9-5-8-12-16(13)28(4)21(17)30/h5-12,29H,1-4H3,(H,24,25,26,27)/p-1. The Kier molecular flexibility index (Phi) is 4.69. The molecule has 0 radical (unpaired) electrons. The third-order valence-corrected chi connectivity index (χ3v) is 4.99. The largest absolute Gasteiger partial charge is 0.871 e. The number of H-pyrrole nitrogens is 1. The summed E-state index contributed by atoms with van der Waals surface area (Å²) in [4.78, 5) is 17.9. The van der Waals surface area contributed by atoms with Gasteiger partial charge < -0.3 is 9.67 Å². The zero-order valence-corrected chi connectivity index (χ0v) is 17.2. The third kappa shape index (κ3) is 3.26. The molecule has 0 aliphatic heterocycles. The number of hydrogen-bond donors (Lipinski definition) is 1. The van der Waals surface area contributed by atoms with Crippen LogP contribution in [-0.2, 0) is 12.5 Å². The number of nitrogens with zero attached hydrogens (tertiary/aromatic N) is 5. The second kappa shape index (κ2) is 7.22. The predicted octanol–water partition coefficient (Wildman–Crippen LogP) is 2.59. The van der Waals surface area contributed by atoms with Gasteiger partial charge in [0.25, 0.3) is 5.56 Å². The fraction of sp³-hybridized carbons (Fsp3) is 0.227. The van der Waals surface area contributed by atoms with Gasteiger partial charge in [-0.3, -0.25) is 4.79 Å². The van der Waals surface area contributed by atoms with Crippen molar-refractivity contribution in [1.29, 1.82) is 0 Å². The van der Waals surface area contributed by atoms with Crippen molar-refractivity contribution in [3.8, 4) is 5.75 Å². The fourth-order valence-electron chi connectivity index (χ4n) is 3.48. The zero-order valence-electron chi connectivity index (χ0n) is 17.2. The first kappa shape index (κ1) is 19.5. The molecule has 0 aliphatic rings. The summed E-state index contributed by atoms with van der Waals surface area (Å²) in [6.07, 6.45) is 0. The molecule has 0 amide bonds. The predicted molar refractivity (Wildman–Crippen MR) is 113 cm³/mol. The molecule has 4 aromatic rings. The van der Waals surface area contributed by atoms with E-state index in [0.717, 1.165) is 5.56 Å². The lowest BCUT2D eigenvalue weighted by atomic mass is 9.86. The van der Waals surface area contributed by atoms with E-state index in [4.69, 9.17) is 4.99 Å². The Labute approximate surface area is 172 Å². The van der Waals surface area contributed by atoms with Crippen molar-refractivity contribution < 1.29 is 5.11 Å². The van der Waals surface area contributed by atoms with Crippen LogP contribution in [0.15, 0.2) is 58.3 Å². The van der Waals surface area contributed by atoms with E-state index in [9.17, 15) is 9.90 Å². The quantitative estimate of drug-likeness (QED) is 0.530. The van der Waals surface area contributed by atoms with Crippen LogP contribution >= 0.6 is 0 Å². The van der Waals surface area contributed by atoms with Gasteiger partial charge in [0.2, 0.25) is 5.82 Å². The van der Waals surface area contributed by atoms with Crippen molar-refractivity contribution in [2.75, 3.05) is 0 Å². The molecular weight excluding hydrogens is 380 g/mol. The highest BCUT2D eigenvalue weighted by Gasteiger charge is 2.22. The molecule has 0 atom stereocenters. The SMILES string of the molecule is Cn1c(=O)c(C(=Nc2ccccc2C(C)(C)C)c2nn[nH]n2)c([O-])c2ccccc21. The molecule has 0 bridgehead atoms. The van der Waals surface area contributed by atoms with Crippen molar-refractivity contribution in [2.45, 2.75) is 26.2 Å². The summed E-state index contributed by atoms with van der Waals surface area (Å²) in [5.74, 6) is -0.325. The Hall–Kier alpha value is -3.81. The third-order valence-electron chi connectivity index (χ3n) is 4.99. The summed E-state index contributed by atoms with van der Waals surface area (Å²) < 4.78 is 1.44. The molecule has 8 heteroatoms. The molecule has 0 aliphatic carbocycles. The number of aromatic amines is 1. The molecule has 0 spiro atoms. The van der Waals surface area contributed by atoms with Crippen LogP contribution in [0, 0.1) is 0 Å². The Balaban J connectivity index is 2.08. The number of para-hydroxylation sites is 2. The molecule has 0 unspecified atom stereocenters. The van der Waals surface area contributed by atoms with Crippen LogP contribution < -0.4 is 10.7 Å². The highest BCUT2D eigenvalue weighted by molar-refractivity contribution is 6.15. The maximum Gasteiger partial charge on any atom is 0.259 e. The van der Waals surface area contributed by atoms with E-state index in [2.05, 4.69) is 41.4 Å². The van der Waals surface area contributed by atoms with E-state index in [0.29, 0.717) is 16.6 Å². The van der Waals surface area contributed by atoms with E-state index in [1.165, 1.54) is 4.57 Å². The molecule has 2 aromatic heterocycles. The van der Waals surface area contributed by atoms with Crippen LogP contribution in [0.1, 0.15) is 37.7 Å². The van der Waals surface area contributed by atoms with Crippen LogP contribution in [-0.4, -0.2) is 30.9 Å². The highest BCUT2D eigenvalue weighted by Crippen LogP contribution is 2.33. The van der Waals surface area contributed by atoms with Gasteiger partial charge in [-0.2, -0.15) is 5.21 Å². The lowest BCUT2D eigenvalue weighted by Gasteiger charge is -2.22. The number of fused-ring (bicyclic) bond motifs is 1. The summed E-state index contributed by atoms with van der Waals surface area (Å²) in [6, 6.07) is 14.6. The van der Waals surface area contributed by atoms with Gasteiger partial charge in [-0.1, -0.05) is 62.9 Å². The molecule has 0 saturated carbocycles. The van der Waals surface area contributed by atoms with Crippen molar-refractivity contribution in [1.82, 2.24) is 25.2 Å². The van der Waals surface area contributed by atoms with Crippen LogP contribution in [0.4, 0.5) is 5.69 Å². The molecule has 2 aromatic carbocycles. The van der Waals surface area contributed by atoms with Crippen molar-refractivity contribution >= 4 is 22.3 Å². The van der Waals surface area contributed by atoms with Gasteiger partial charge in [0.1, 0.15) is 5.71 Å². The number of tetrazole rings is 1. The van der Waals surface area contributed by atoms with E-state index in [-0.39, 0.29) is 22.5 Å². The van der Waals surface area contributed by atoms with Crippen molar-refractivity contribution in [2.24, 2.45) is 12.0 Å². The molecule has 1 N–H and O–H groups in total. The lowest BCUT2D eigenvalue weighted by Crippen LogP contribution is -2.28. The van der Waals surface area contributed by atoms with E-state index >= 15 is 0 Å². The Morgan fingerprint density at radius 1 is 1.10 bits per heavy atom. The number of aryl methyl sites for hydroxylation is 1. The summed E-state index contributed by atoms with van der Waals surface area (Å²) in [6.45, 7) is 6.22. The minimum atomic E-state index is -0.463. The van der Waals surface area contributed by atoms with E-state index in [1.807, 2.05) is 24.3 Å². The van der Waals surface area contributed by atoms with Gasteiger partial charge >= 0.3 is 0 Å². The van der Waals surface area contributed by atoms with Crippen molar-refractivity contribution in [3.05, 3.63) is 75.8 Å². The van der Waals surface area contributed by atoms with Gasteiger partial charge in [0.15, 0.2) is 0 Å². The minimum Gasteiger partial charge on any atom is -0.871 e. The number of hydrogen-bond acceptors (Lipinski definition) is 6. The van der Waals surface area contributed by atoms with Gasteiger partial charge in [-0.15, -0.1) is 10.2 Å². The van der Waals surface area contributed by atoms with Gasteiger partial charge in [-0.25, -0.2) is 4.99 Å². The summed E-state index contributed by atoms with van der Waals surface area (Å²) in [5.41, 5.74) is 1.51. The first-order valence-electron chi connectivity index (χ1n) is 9.50. The van der Waals surface area contributed by atoms with Crippen LogP contribution in [0.3, 0.4) is 0 Å². The molecule has 0 saturated heterocycles. The van der Waals surface area contributed by atoms with Gasteiger partial charge in [0, 0.05) is 7.05 Å². The molecule has 0 fully saturated rings. The van der Waals surface area contributed by atoms with Crippen molar-refractivity contribution in [3.63, 3.8) is 0 Å². The lowest BCUT2D eigenvalue weighted by molar-refractivity contribution is -0.266. The highest BCUT2D eigenvalue weighted by atomic mass is 16.3. The average Bonchev–Trinajstić information content (AvgIpc) is 3.26. The molecule has 30 heavy (non-hydrogen) atoms. The van der Waals surface area contributed by atoms with Crippen LogP contribution in [0.25, 0.3) is 10.9 Å². The normalized spacial score (nSPS) is 12.5. The molecule has 152 valence electrons. The summed E-state index contributed by atoms with van der Waals surface area (Å²) in [7, 11) is 1.63. The average molecular weight is 401 g/mol. The molecular formula is C22H21N6O2-. The first-order valence-corrected chi connectivity index (χ1v) is 9.50. The topological polar surface area (TPSA) is 112 Å². The van der Waals surface area contributed by atoms with E-state index < -0.39 is 11.3 Å². The van der Waals surface area contributed by atoms with Crippen LogP contribution in [0.2, 0.25) is 0 Å². The maximum atomic E-state index is 13.3. The van der Waals surface area contributed by atoms with E-state index in [1.54, 1.807) is 31.3 Å². The second-order valence-electron chi connectivity index (χ2n) is 8.05. The van der Waals surface area contributed by atoms with Gasteiger partial charge in [0.05, 0.1) is 16.8 Å². The Morgan fingerprint density at radius 3 is 2.50 bits per heavy atom. The second-order valence-corrected chi connectivity index (χ2v) is 8.05. The minimum absolute atomic E-state index is 0.0821. The summed E-state index contributed by atoms with van der Waals surface area (Å²) in [5, 5.41) is 27.7. The summed E-state index contributed by atoms with van der Waals surface area (Å²) >= 11 is 0. The number of benzene rings is 2. The first-order chi connectivity index (χ1) is 14.3. The number of pyridine rings is 1. The van der Waals surface area contributed by atoms with Crippen LogP contribution in [0.5, 0.6) is 5.75 Å². The van der Waals surface area contributed by atoms with Gasteiger partial charge in [-0.05, 0) is 33.7 Å². The Bertz CT molecular complexity index is 1310.